The maximum atomic E-state index is 12.8. The number of hydrogen-bond acceptors (Lipinski definition) is 3. The lowest BCUT2D eigenvalue weighted by molar-refractivity contribution is -0.116. The second-order valence-corrected chi connectivity index (χ2v) is 3.91. The Balaban J connectivity index is 2.03. The van der Waals surface area contributed by atoms with Gasteiger partial charge >= 0.3 is 0 Å². The summed E-state index contributed by atoms with van der Waals surface area (Å²) in [5, 5.41) is 6.51. The maximum absolute atomic E-state index is 12.8. The molecule has 2 aromatic rings. The van der Waals surface area contributed by atoms with Crippen LogP contribution in [0.1, 0.15) is 12.6 Å². The largest absolute Gasteiger partial charge is 0.356 e. The molecule has 0 radical (unpaired) electrons. The van der Waals surface area contributed by atoms with Crippen molar-refractivity contribution in [2.24, 2.45) is 0 Å². The summed E-state index contributed by atoms with van der Waals surface area (Å²) in [6.07, 6.45) is 3.09. The first-order chi connectivity index (χ1) is 9.19. The highest BCUT2D eigenvalue weighted by atomic mass is 19.1. The Morgan fingerprint density at radius 1 is 1.42 bits per heavy atom. The number of nitrogens with zero attached hydrogens (tertiary/aromatic N) is 1. The molecule has 5 heteroatoms. The van der Waals surface area contributed by atoms with Crippen LogP contribution in [0.25, 0.3) is 11.3 Å². The molecule has 98 valence electrons. The van der Waals surface area contributed by atoms with Gasteiger partial charge in [0.05, 0.1) is 6.54 Å². The molecule has 0 atom stereocenters. The molecule has 1 aromatic heterocycles. The molecule has 0 fully saturated rings. The molecule has 1 N–H and O–H groups in total. The quantitative estimate of drug-likeness (QED) is 0.860. The van der Waals surface area contributed by atoms with E-state index in [-0.39, 0.29) is 18.3 Å². The molecule has 0 spiro atoms. The monoisotopic (exact) mass is 260 g/mol. The smallest absolute Gasteiger partial charge is 0.243 e. The zero-order valence-corrected chi connectivity index (χ0v) is 10.4. The summed E-state index contributed by atoms with van der Waals surface area (Å²) in [4.78, 5) is 11.2. The first kappa shape index (κ1) is 13.0. The topological polar surface area (TPSA) is 55.1 Å². The molecule has 4 nitrogen and oxygen atoms in total. The van der Waals surface area contributed by atoms with E-state index in [1.807, 2.05) is 0 Å². The first-order valence-corrected chi connectivity index (χ1v) is 5.81. The van der Waals surface area contributed by atoms with Crippen molar-refractivity contribution in [3.05, 3.63) is 54.0 Å². The summed E-state index contributed by atoms with van der Waals surface area (Å²) >= 11 is 0. The number of carbonyl (C=O) groups is 1. The minimum absolute atomic E-state index is 0.186. The highest BCUT2D eigenvalue weighted by molar-refractivity contribution is 5.87. The van der Waals surface area contributed by atoms with E-state index in [0.29, 0.717) is 11.5 Å². The molecule has 19 heavy (non-hydrogen) atoms. The highest BCUT2D eigenvalue weighted by Crippen LogP contribution is 2.20. The molecular formula is C14H13FN2O2. The third-order valence-corrected chi connectivity index (χ3v) is 2.45. The fourth-order valence-electron chi connectivity index (χ4n) is 1.53. The lowest BCUT2D eigenvalue weighted by Gasteiger charge is -1.96. The second kappa shape index (κ2) is 5.95. The second-order valence-electron chi connectivity index (χ2n) is 3.91. The number of allylic oxidation sites excluding steroid dienone is 1. The summed E-state index contributed by atoms with van der Waals surface area (Å²) in [5.74, 6) is 0.0474. The van der Waals surface area contributed by atoms with Crippen molar-refractivity contribution in [2.75, 3.05) is 0 Å². The lowest BCUT2D eigenvalue weighted by atomic mass is 10.1. The van der Waals surface area contributed by atoms with Crippen LogP contribution in [-0.4, -0.2) is 11.1 Å². The van der Waals surface area contributed by atoms with Gasteiger partial charge in [0.2, 0.25) is 5.91 Å². The zero-order chi connectivity index (χ0) is 13.7. The lowest BCUT2D eigenvalue weighted by Crippen LogP contribution is -2.20. The predicted molar refractivity (Wildman–Crippen MR) is 68.6 cm³/mol. The molecule has 1 aromatic carbocycles. The van der Waals surface area contributed by atoms with E-state index in [9.17, 15) is 9.18 Å². The van der Waals surface area contributed by atoms with Gasteiger partial charge in [-0.1, -0.05) is 11.2 Å². The minimum atomic E-state index is -0.304. The van der Waals surface area contributed by atoms with Gasteiger partial charge in [0.15, 0.2) is 5.76 Å². The van der Waals surface area contributed by atoms with Gasteiger partial charge in [0, 0.05) is 11.6 Å². The van der Waals surface area contributed by atoms with Gasteiger partial charge in [-0.15, -0.1) is 0 Å². The molecule has 0 aliphatic carbocycles. The van der Waals surface area contributed by atoms with Crippen LogP contribution in [-0.2, 0) is 11.3 Å². The van der Waals surface area contributed by atoms with Crippen molar-refractivity contribution in [1.29, 1.82) is 0 Å². The van der Waals surface area contributed by atoms with Crippen molar-refractivity contribution < 1.29 is 13.7 Å². The van der Waals surface area contributed by atoms with E-state index in [4.69, 9.17) is 4.52 Å². The van der Waals surface area contributed by atoms with E-state index >= 15 is 0 Å². The summed E-state index contributed by atoms with van der Waals surface area (Å²) in [6.45, 7) is 2.05. The van der Waals surface area contributed by atoms with Gasteiger partial charge in [0.25, 0.3) is 0 Å². The van der Waals surface area contributed by atoms with Crippen LogP contribution in [0.2, 0.25) is 0 Å². The summed E-state index contributed by atoms with van der Waals surface area (Å²) in [6, 6.07) is 7.63. The van der Waals surface area contributed by atoms with E-state index in [0.717, 1.165) is 5.56 Å². The van der Waals surface area contributed by atoms with Gasteiger partial charge in [-0.05, 0) is 37.3 Å². The van der Waals surface area contributed by atoms with E-state index < -0.39 is 0 Å². The zero-order valence-electron chi connectivity index (χ0n) is 10.4. The molecule has 0 unspecified atom stereocenters. The van der Waals surface area contributed by atoms with Crippen molar-refractivity contribution in [3.8, 4) is 11.3 Å². The number of nitrogens with one attached hydrogen (secondary N) is 1. The predicted octanol–water partition coefficient (Wildman–Crippen LogP) is 2.67. The number of rotatable bonds is 4. The van der Waals surface area contributed by atoms with Gasteiger partial charge in [-0.2, -0.15) is 0 Å². The van der Waals surface area contributed by atoms with Crippen molar-refractivity contribution in [1.82, 2.24) is 10.5 Å². The maximum Gasteiger partial charge on any atom is 0.243 e. The summed E-state index contributed by atoms with van der Waals surface area (Å²) < 4.78 is 17.9. The number of aromatic nitrogens is 1. The van der Waals surface area contributed by atoms with Crippen LogP contribution < -0.4 is 5.32 Å². The Kier molecular flexibility index (Phi) is 4.07. The number of amides is 1. The van der Waals surface area contributed by atoms with Crippen LogP contribution in [0.3, 0.4) is 0 Å². The van der Waals surface area contributed by atoms with Crippen LogP contribution in [0.15, 0.2) is 47.0 Å². The Labute approximate surface area is 109 Å². The Morgan fingerprint density at radius 2 is 2.16 bits per heavy atom. The molecule has 0 saturated heterocycles. The number of carbonyl (C=O) groups excluding carboxylic acids is 1. The standard InChI is InChI=1S/C14H13FN2O2/c1-2-3-14(18)16-9-12-8-13(19-17-12)10-4-6-11(15)7-5-10/h2-8H,9H2,1H3,(H,16,18)/b3-2+. The summed E-state index contributed by atoms with van der Waals surface area (Å²) in [7, 11) is 0. The van der Waals surface area contributed by atoms with Crippen LogP contribution >= 0.6 is 0 Å². The Hall–Kier alpha value is -2.43. The Bertz CT molecular complexity index is 588. The number of benzene rings is 1. The van der Waals surface area contributed by atoms with E-state index in [1.54, 1.807) is 31.2 Å². The molecule has 0 aliphatic rings. The first-order valence-electron chi connectivity index (χ1n) is 5.81. The van der Waals surface area contributed by atoms with Gasteiger partial charge in [-0.3, -0.25) is 4.79 Å². The third kappa shape index (κ3) is 3.51. The van der Waals surface area contributed by atoms with Crippen LogP contribution in [0, 0.1) is 5.82 Å². The van der Waals surface area contributed by atoms with Crippen molar-refractivity contribution >= 4 is 5.91 Å². The molecule has 1 amide bonds. The van der Waals surface area contributed by atoms with Gasteiger partial charge in [0.1, 0.15) is 11.5 Å². The normalized spacial score (nSPS) is 10.8. The van der Waals surface area contributed by atoms with E-state index in [2.05, 4.69) is 10.5 Å². The highest BCUT2D eigenvalue weighted by Gasteiger charge is 2.07. The molecule has 0 bridgehead atoms. The molecule has 0 saturated carbocycles. The fraction of sp³-hybridized carbons (Fsp3) is 0.143. The molecule has 1 heterocycles. The number of hydrogen-bond donors (Lipinski definition) is 1. The molecule has 0 aliphatic heterocycles. The summed E-state index contributed by atoms with van der Waals surface area (Å²) in [5.41, 5.74) is 1.34. The SMILES string of the molecule is C/C=C/C(=O)NCc1cc(-c2ccc(F)cc2)on1. The van der Waals surface area contributed by atoms with E-state index in [1.165, 1.54) is 18.2 Å². The van der Waals surface area contributed by atoms with Crippen molar-refractivity contribution in [2.45, 2.75) is 13.5 Å². The van der Waals surface area contributed by atoms with Crippen molar-refractivity contribution in [3.63, 3.8) is 0 Å². The van der Waals surface area contributed by atoms with Crippen LogP contribution in [0.4, 0.5) is 4.39 Å². The fourth-order valence-corrected chi connectivity index (χ4v) is 1.53. The number of halogens is 1. The minimum Gasteiger partial charge on any atom is -0.356 e. The molecular weight excluding hydrogens is 247 g/mol. The average molecular weight is 260 g/mol. The van der Waals surface area contributed by atoms with Crippen LogP contribution in [0.5, 0.6) is 0 Å². The van der Waals surface area contributed by atoms with Gasteiger partial charge in [-0.25, -0.2) is 4.39 Å². The molecule has 2 rings (SSSR count). The van der Waals surface area contributed by atoms with Gasteiger partial charge < -0.3 is 9.84 Å². The Morgan fingerprint density at radius 3 is 2.84 bits per heavy atom. The third-order valence-electron chi connectivity index (χ3n) is 2.45. The average Bonchev–Trinajstić information content (AvgIpc) is 2.86.